The summed E-state index contributed by atoms with van der Waals surface area (Å²) in [5, 5.41) is 10.8. The Hall–Kier alpha value is -3.10. The van der Waals surface area contributed by atoms with E-state index in [1.807, 2.05) is 17.6 Å². The molecule has 0 fully saturated rings. The van der Waals surface area contributed by atoms with E-state index in [-0.39, 0.29) is 0 Å². The Bertz CT molecular complexity index is 1130. The third-order valence-electron chi connectivity index (χ3n) is 4.95. The number of rotatable bonds is 9. The summed E-state index contributed by atoms with van der Waals surface area (Å²) in [6, 6.07) is 6.14. The van der Waals surface area contributed by atoms with E-state index in [4.69, 9.17) is 13.9 Å². The summed E-state index contributed by atoms with van der Waals surface area (Å²) < 4.78 is 17.1. The van der Waals surface area contributed by atoms with Gasteiger partial charge in [0.05, 0.1) is 6.61 Å². The van der Waals surface area contributed by atoms with Gasteiger partial charge in [0, 0.05) is 30.4 Å². The molecule has 31 heavy (non-hydrogen) atoms. The molecule has 3 aromatic heterocycles. The number of nitrogens with zero attached hydrogens (tertiary/aromatic N) is 4. The van der Waals surface area contributed by atoms with Crippen molar-refractivity contribution in [3.8, 4) is 28.5 Å². The quantitative estimate of drug-likeness (QED) is 0.355. The lowest BCUT2D eigenvalue weighted by molar-refractivity contribution is 0.185. The number of aromatic nitrogens is 4. The number of aryl methyl sites for hydroxylation is 2. The highest BCUT2D eigenvalue weighted by molar-refractivity contribution is 7.09. The maximum Gasteiger partial charge on any atom is 0.266 e. The molecule has 0 saturated carbocycles. The van der Waals surface area contributed by atoms with Crippen molar-refractivity contribution in [2.24, 2.45) is 0 Å². The molecule has 0 spiro atoms. The number of benzene rings is 1. The molecule has 0 amide bonds. The first-order valence-electron chi connectivity index (χ1n) is 10.1. The third-order valence-corrected chi connectivity index (χ3v) is 5.71. The Balaban J connectivity index is 1.83. The molecule has 0 unspecified atom stereocenters. The van der Waals surface area contributed by atoms with Crippen LogP contribution in [0.2, 0.25) is 0 Å². The van der Waals surface area contributed by atoms with Gasteiger partial charge in [-0.05, 0) is 47.7 Å². The average molecular weight is 437 g/mol. The van der Waals surface area contributed by atoms with E-state index in [0.717, 1.165) is 51.4 Å². The Morgan fingerprint density at radius 3 is 2.77 bits per heavy atom. The van der Waals surface area contributed by atoms with Crippen LogP contribution < -0.4 is 4.74 Å². The van der Waals surface area contributed by atoms with Gasteiger partial charge in [-0.3, -0.25) is 4.98 Å². The summed E-state index contributed by atoms with van der Waals surface area (Å²) in [6.45, 7) is 5.07. The molecule has 7 nitrogen and oxygen atoms in total. The Morgan fingerprint density at radius 2 is 2.06 bits per heavy atom. The number of hydrogen-bond donors (Lipinski definition) is 0. The second-order valence-corrected chi connectivity index (χ2v) is 8.08. The second-order valence-electron chi connectivity index (χ2n) is 7.10. The average Bonchev–Trinajstić information content (AvgIpc) is 3.49. The van der Waals surface area contributed by atoms with Crippen molar-refractivity contribution in [2.45, 2.75) is 39.9 Å². The van der Waals surface area contributed by atoms with Gasteiger partial charge in [0.1, 0.15) is 23.1 Å². The first kappa shape index (κ1) is 21.1. The fourth-order valence-corrected chi connectivity index (χ4v) is 4.09. The van der Waals surface area contributed by atoms with Gasteiger partial charge in [0.25, 0.3) is 5.89 Å². The predicted octanol–water partition coefficient (Wildman–Crippen LogP) is 5.24. The minimum atomic E-state index is 0.376. The van der Waals surface area contributed by atoms with E-state index in [0.29, 0.717) is 24.8 Å². The van der Waals surface area contributed by atoms with Crippen LogP contribution in [0.4, 0.5) is 0 Å². The van der Waals surface area contributed by atoms with Crippen LogP contribution in [0, 0.1) is 6.92 Å². The zero-order chi connectivity index (χ0) is 21.6. The second kappa shape index (κ2) is 9.80. The smallest absolute Gasteiger partial charge is 0.266 e. The molecule has 0 aliphatic heterocycles. The molecule has 0 saturated heterocycles. The van der Waals surface area contributed by atoms with Crippen LogP contribution in [0.3, 0.4) is 0 Å². The topological polar surface area (TPSA) is 83.2 Å². The lowest BCUT2D eigenvalue weighted by Gasteiger charge is -2.19. The molecular formula is C23H24N4O3S. The van der Waals surface area contributed by atoms with Gasteiger partial charge in [-0.2, -0.15) is 0 Å². The van der Waals surface area contributed by atoms with Crippen molar-refractivity contribution in [3.05, 3.63) is 64.1 Å². The van der Waals surface area contributed by atoms with Crippen molar-refractivity contribution in [2.75, 3.05) is 7.11 Å². The molecule has 160 valence electrons. The fourth-order valence-electron chi connectivity index (χ4n) is 3.57. The van der Waals surface area contributed by atoms with Crippen molar-refractivity contribution in [3.63, 3.8) is 0 Å². The summed E-state index contributed by atoms with van der Waals surface area (Å²) >= 11 is 1.58. The number of methoxy groups -OCH3 is 1. The van der Waals surface area contributed by atoms with Crippen molar-refractivity contribution in [1.29, 1.82) is 0 Å². The summed E-state index contributed by atoms with van der Waals surface area (Å²) in [4.78, 5) is 8.94. The van der Waals surface area contributed by atoms with Crippen LogP contribution >= 0.6 is 11.3 Å². The van der Waals surface area contributed by atoms with Crippen LogP contribution in [0.5, 0.6) is 5.75 Å². The molecule has 0 aliphatic rings. The molecule has 3 heterocycles. The molecule has 0 radical (unpaired) electrons. The number of pyridine rings is 1. The van der Waals surface area contributed by atoms with E-state index >= 15 is 0 Å². The van der Waals surface area contributed by atoms with Gasteiger partial charge in [-0.25, -0.2) is 4.98 Å². The Morgan fingerprint density at radius 1 is 1.16 bits per heavy atom. The monoisotopic (exact) mass is 436 g/mol. The summed E-state index contributed by atoms with van der Waals surface area (Å²) in [5.41, 5.74) is 6.02. The predicted molar refractivity (Wildman–Crippen MR) is 119 cm³/mol. The van der Waals surface area contributed by atoms with E-state index in [9.17, 15) is 0 Å². The van der Waals surface area contributed by atoms with Crippen LogP contribution in [0.15, 0.2) is 46.8 Å². The van der Waals surface area contributed by atoms with Gasteiger partial charge in [-0.1, -0.05) is 19.4 Å². The SMILES string of the molecule is CCCc1cnc(-c2nnco2)c(COC)c1-c1cc(OCc2nccs2)ccc1C. The molecule has 8 heteroatoms. The number of hydrogen-bond acceptors (Lipinski definition) is 8. The zero-order valence-electron chi connectivity index (χ0n) is 17.8. The summed E-state index contributed by atoms with van der Waals surface area (Å²) in [6.07, 6.45) is 6.90. The van der Waals surface area contributed by atoms with Gasteiger partial charge < -0.3 is 13.9 Å². The van der Waals surface area contributed by atoms with Crippen LogP contribution in [0.1, 0.15) is 35.0 Å². The first-order chi connectivity index (χ1) is 15.2. The highest BCUT2D eigenvalue weighted by atomic mass is 32.1. The van der Waals surface area contributed by atoms with Gasteiger partial charge >= 0.3 is 0 Å². The summed E-state index contributed by atoms with van der Waals surface area (Å²) in [7, 11) is 1.67. The molecule has 0 atom stereocenters. The fraction of sp³-hybridized carbons (Fsp3) is 0.304. The van der Waals surface area contributed by atoms with Crippen molar-refractivity contribution in [1.82, 2.24) is 20.2 Å². The molecule has 0 bridgehead atoms. The standard InChI is InChI=1S/C23H24N4O3S/c1-4-5-16-11-25-22(23-27-26-14-30-23)19(12-28-3)21(16)18-10-17(7-6-15(18)2)29-13-20-24-8-9-31-20/h6-11,14H,4-5,12-13H2,1-3H3. The van der Waals surface area contributed by atoms with Gasteiger partial charge in [0.2, 0.25) is 6.39 Å². The third kappa shape index (κ3) is 4.65. The normalized spacial score (nSPS) is 11.1. The summed E-state index contributed by atoms with van der Waals surface area (Å²) in [5.74, 6) is 1.17. The van der Waals surface area contributed by atoms with E-state index < -0.39 is 0 Å². The highest BCUT2D eigenvalue weighted by Crippen LogP contribution is 2.37. The molecule has 1 aromatic carbocycles. The Kier molecular flexibility index (Phi) is 6.69. The van der Waals surface area contributed by atoms with E-state index in [1.54, 1.807) is 24.6 Å². The maximum atomic E-state index is 6.03. The molecule has 4 aromatic rings. The van der Waals surface area contributed by atoms with E-state index in [1.165, 1.54) is 6.39 Å². The van der Waals surface area contributed by atoms with Gasteiger partial charge in [-0.15, -0.1) is 21.5 Å². The lowest BCUT2D eigenvalue weighted by atomic mass is 9.90. The minimum Gasteiger partial charge on any atom is -0.486 e. The maximum absolute atomic E-state index is 6.03. The van der Waals surface area contributed by atoms with Crippen LogP contribution in [-0.4, -0.2) is 27.3 Å². The van der Waals surface area contributed by atoms with Crippen LogP contribution in [0.25, 0.3) is 22.7 Å². The molecular weight excluding hydrogens is 412 g/mol. The highest BCUT2D eigenvalue weighted by Gasteiger charge is 2.21. The largest absolute Gasteiger partial charge is 0.486 e. The molecule has 0 aliphatic carbocycles. The van der Waals surface area contributed by atoms with E-state index in [2.05, 4.69) is 46.1 Å². The molecule has 0 N–H and O–H groups in total. The Labute approximate surface area is 185 Å². The minimum absolute atomic E-state index is 0.376. The van der Waals surface area contributed by atoms with Crippen molar-refractivity contribution >= 4 is 11.3 Å². The van der Waals surface area contributed by atoms with Gasteiger partial charge in [0.15, 0.2) is 0 Å². The zero-order valence-corrected chi connectivity index (χ0v) is 18.6. The van der Waals surface area contributed by atoms with Crippen LogP contribution in [-0.2, 0) is 24.4 Å². The number of ether oxygens (including phenoxy) is 2. The molecule has 4 rings (SSSR count). The number of thiazole rings is 1. The first-order valence-corrected chi connectivity index (χ1v) is 11.0. The lowest BCUT2D eigenvalue weighted by Crippen LogP contribution is -2.05. The van der Waals surface area contributed by atoms with Crippen molar-refractivity contribution < 1.29 is 13.9 Å².